The minimum absolute atomic E-state index is 0.0758. The van der Waals surface area contributed by atoms with Gasteiger partial charge < -0.3 is 10.1 Å². The zero-order valence-electron chi connectivity index (χ0n) is 11.1. The van der Waals surface area contributed by atoms with E-state index in [4.69, 9.17) is 4.74 Å². The van der Waals surface area contributed by atoms with E-state index in [0.717, 1.165) is 31.1 Å². The Bertz CT molecular complexity index is 439. The van der Waals surface area contributed by atoms with Crippen LogP contribution >= 0.6 is 12.6 Å². The van der Waals surface area contributed by atoms with Crippen molar-refractivity contribution >= 4 is 18.5 Å². The molecule has 1 N–H and O–H groups in total. The van der Waals surface area contributed by atoms with Gasteiger partial charge in [-0.2, -0.15) is 0 Å². The molecule has 0 aliphatic carbocycles. The quantitative estimate of drug-likeness (QED) is 0.820. The summed E-state index contributed by atoms with van der Waals surface area (Å²) in [7, 11) is 0. The van der Waals surface area contributed by atoms with Crippen molar-refractivity contribution in [2.75, 3.05) is 32.8 Å². The summed E-state index contributed by atoms with van der Waals surface area (Å²) >= 11 is 4.23. The first-order chi connectivity index (χ1) is 9.19. The number of carbonyl (C=O) groups is 1. The lowest BCUT2D eigenvalue weighted by atomic mass is 10.2. The Morgan fingerprint density at radius 1 is 1.58 bits per heavy atom. The van der Waals surface area contributed by atoms with Gasteiger partial charge in [-0.25, -0.2) is 0 Å². The van der Waals surface area contributed by atoms with Crippen LogP contribution < -0.4 is 5.32 Å². The number of carbonyl (C=O) groups excluding carboxylic acids is 1. The topological polar surface area (TPSA) is 41.6 Å². The number of ether oxygens (including phenoxy) is 1. The first kappa shape index (κ1) is 14.4. The van der Waals surface area contributed by atoms with E-state index < -0.39 is 0 Å². The molecule has 104 valence electrons. The average Bonchev–Trinajstić information content (AvgIpc) is 2.45. The van der Waals surface area contributed by atoms with Gasteiger partial charge in [0.25, 0.3) is 5.91 Å². The van der Waals surface area contributed by atoms with Gasteiger partial charge in [-0.3, -0.25) is 9.69 Å². The maximum absolute atomic E-state index is 12.0. The molecule has 1 aromatic carbocycles. The molecule has 0 bridgehead atoms. The van der Waals surface area contributed by atoms with Crippen molar-refractivity contribution < 1.29 is 9.53 Å². The minimum atomic E-state index is -0.0758. The highest BCUT2D eigenvalue weighted by Gasteiger charge is 2.19. The number of nitrogens with zero attached hydrogens (tertiary/aromatic N) is 1. The Labute approximate surface area is 119 Å². The fourth-order valence-electron chi connectivity index (χ4n) is 2.15. The lowest BCUT2D eigenvalue weighted by molar-refractivity contribution is -0.0246. The summed E-state index contributed by atoms with van der Waals surface area (Å²) in [6, 6.07) is 7.23. The lowest BCUT2D eigenvalue weighted by Gasteiger charge is -2.32. The maximum atomic E-state index is 12.0. The van der Waals surface area contributed by atoms with Gasteiger partial charge in [0.15, 0.2) is 0 Å². The van der Waals surface area contributed by atoms with Crippen molar-refractivity contribution in [2.24, 2.45) is 0 Å². The monoisotopic (exact) mass is 280 g/mol. The molecule has 1 heterocycles. The second-order valence-corrected chi connectivity index (χ2v) is 5.16. The van der Waals surface area contributed by atoms with Gasteiger partial charge in [0, 0.05) is 30.1 Å². The van der Waals surface area contributed by atoms with Crippen LogP contribution in [0, 0.1) is 0 Å². The standard InChI is InChI=1S/C14H20N2O2S/c1-2-16-6-7-18-12(10-16)9-15-14(17)11-4-3-5-13(19)8-11/h3-5,8,12,19H,2,6-7,9-10H2,1H3,(H,15,17). The normalized spacial score (nSPS) is 20.2. The Morgan fingerprint density at radius 2 is 2.42 bits per heavy atom. The molecule has 4 nitrogen and oxygen atoms in total. The number of amides is 1. The highest BCUT2D eigenvalue weighted by Crippen LogP contribution is 2.09. The van der Waals surface area contributed by atoms with E-state index in [-0.39, 0.29) is 12.0 Å². The largest absolute Gasteiger partial charge is 0.374 e. The molecule has 2 rings (SSSR count). The van der Waals surface area contributed by atoms with Gasteiger partial charge in [-0.15, -0.1) is 12.6 Å². The Balaban J connectivity index is 1.83. The highest BCUT2D eigenvalue weighted by molar-refractivity contribution is 7.80. The molecule has 0 radical (unpaired) electrons. The van der Waals surface area contributed by atoms with Gasteiger partial charge in [0.2, 0.25) is 0 Å². The number of likely N-dealkylation sites (N-methyl/N-ethyl adjacent to an activating group) is 1. The van der Waals surface area contributed by atoms with Crippen molar-refractivity contribution in [3.05, 3.63) is 29.8 Å². The van der Waals surface area contributed by atoms with Crippen LogP contribution in [-0.2, 0) is 4.74 Å². The molecule has 1 aliphatic heterocycles. The van der Waals surface area contributed by atoms with Gasteiger partial charge >= 0.3 is 0 Å². The second-order valence-electron chi connectivity index (χ2n) is 4.65. The van der Waals surface area contributed by atoms with E-state index in [0.29, 0.717) is 12.1 Å². The smallest absolute Gasteiger partial charge is 0.251 e. The number of morpholine rings is 1. The molecule has 0 saturated carbocycles. The molecule has 0 aromatic heterocycles. The maximum Gasteiger partial charge on any atom is 0.251 e. The molecular formula is C14H20N2O2S. The van der Waals surface area contributed by atoms with Crippen molar-refractivity contribution in [2.45, 2.75) is 17.9 Å². The molecule has 1 aliphatic rings. The summed E-state index contributed by atoms with van der Waals surface area (Å²) in [4.78, 5) is 15.1. The molecule has 1 saturated heterocycles. The number of hydrogen-bond donors (Lipinski definition) is 2. The molecule has 1 aromatic rings. The van der Waals surface area contributed by atoms with E-state index in [1.165, 1.54) is 0 Å². The van der Waals surface area contributed by atoms with Crippen LogP contribution in [0.1, 0.15) is 17.3 Å². The fourth-order valence-corrected chi connectivity index (χ4v) is 2.37. The Hall–Kier alpha value is -1.04. The number of rotatable bonds is 4. The van der Waals surface area contributed by atoms with Crippen molar-refractivity contribution in [1.29, 1.82) is 0 Å². The summed E-state index contributed by atoms with van der Waals surface area (Å²) in [5.41, 5.74) is 0.635. The third-order valence-electron chi connectivity index (χ3n) is 3.27. The average molecular weight is 280 g/mol. The zero-order chi connectivity index (χ0) is 13.7. The summed E-state index contributed by atoms with van der Waals surface area (Å²) in [6.45, 7) is 6.30. The first-order valence-corrected chi connectivity index (χ1v) is 7.05. The number of nitrogens with one attached hydrogen (secondary N) is 1. The molecule has 5 heteroatoms. The van der Waals surface area contributed by atoms with E-state index >= 15 is 0 Å². The molecule has 19 heavy (non-hydrogen) atoms. The first-order valence-electron chi connectivity index (χ1n) is 6.60. The summed E-state index contributed by atoms with van der Waals surface area (Å²) in [5.74, 6) is -0.0758. The van der Waals surface area contributed by atoms with E-state index in [1.54, 1.807) is 12.1 Å². The van der Waals surface area contributed by atoms with Crippen molar-refractivity contribution in [3.63, 3.8) is 0 Å². The van der Waals surface area contributed by atoms with Gasteiger partial charge in [0.05, 0.1) is 12.7 Å². The van der Waals surface area contributed by atoms with E-state index in [9.17, 15) is 4.79 Å². The molecule has 1 unspecified atom stereocenters. The van der Waals surface area contributed by atoms with E-state index in [2.05, 4.69) is 29.8 Å². The number of hydrogen-bond acceptors (Lipinski definition) is 4. The predicted molar refractivity (Wildman–Crippen MR) is 77.9 cm³/mol. The Morgan fingerprint density at radius 3 is 3.16 bits per heavy atom. The van der Waals surface area contributed by atoms with Crippen LogP contribution in [0.5, 0.6) is 0 Å². The number of benzene rings is 1. The van der Waals surface area contributed by atoms with Crippen LogP contribution in [0.15, 0.2) is 29.2 Å². The van der Waals surface area contributed by atoms with E-state index in [1.807, 2.05) is 12.1 Å². The second kappa shape index (κ2) is 6.93. The van der Waals surface area contributed by atoms with Crippen molar-refractivity contribution in [1.82, 2.24) is 10.2 Å². The van der Waals surface area contributed by atoms with Gasteiger partial charge in [0.1, 0.15) is 0 Å². The molecule has 1 fully saturated rings. The van der Waals surface area contributed by atoms with Gasteiger partial charge in [-0.05, 0) is 24.7 Å². The highest BCUT2D eigenvalue weighted by atomic mass is 32.1. The van der Waals surface area contributed by atoms with Crippen LogP contribution in [0.2, 0.25) is 0 Å². The predicted octanol–water partition coefficient (Wildman–Crippen LogP) is 1.43. The summed E-state index contributed by atoms with van der Waals surface area (Å²) in [6.07, 6.45) is 0.0804. The summed E-state index contributed by atoms with van der Waals surface area (Å²) in [5, 5.41) is 2.92. The van der Waals surface area contributed by atoms with Crippen LogP contribution in [0.25, 0.3) is 0 Å². The van der Waals surface area contributed by atoms with Crippen LogP contribution in [0.3, 0.4) is 0 Å². The lowest BCUT2D eigenvalue weighted by Crippen LogP contribution is -2.47. The van der Waals surface area contributed by atoms with Crippen molar-refractivity contribution in [3.8, 4) is 0 Å². The molecular weight excluding hydrogens is 260 g/mol. The molecule has 0 spiro atoms. The number of thiol groups is 1. The fraction of sp³-hybridized carbons (Fsp3) is 0.500. The zero-order valence-corrected chi connectivity index (χ0v) is 12.0. The van der Waals surface area contributed by atoms with Crippen LogP contribution in [-0.4, -0.2) is 49.7 Å². The molecule has 1 atom stereocenters. The SMILES string of the molecule is CCN1CCOC(CNC(=O)c2cccc(S)c2)C1. The molecule has 1 amide bonds. The third kappa shape index (κ3) is 4.23. The Kier molecular flexibility index (Phi) is 5.24. The summed E-state index contributed by atoms with van der Waals surface area (Å²) < 4.78 is 5.65. The minimum Gasteiger partial charge on any atom is -0.374 e. The van der Waals surface area contributed by atoms with Gasteiger partial charge in [-0.1, -0.05) is 13.0 Å². The van der Waals surface area contributed by atoms with Crippen LogP contribution in [0.4, 0.5) is 0 Å². The third-order valence-corrected chi connectivity index (χ3v) is 3.55.